The minimum Gasteiger partial charge on any atom is -0.388 e. The first-order valence-electron chi connectivity index (χ1n) is 5.55. The van der Waals surface area contributed by atoms with E-state index in [0.717, 1.165) is 10.0 Å². The van der Waals surface area contributed by atoms with Crippen molar-refractivity contribution in [3.05, 3.63) is 67.9 Å². The third kappa shape index (κ3) is 3.48. The first kappa shape index (κ1) is 14.8. The Kier molecular flexibility index (Phi) is 4.85. The molecule has 1 N–H and O–H groups in total. The van der Waals surface area contributed by atoms with Crippen LogP contribution in [0.3, 0.4) is 0 Å². The van der Waals surface area contributed by atoms with Crippen LogP contribution in [-0.4, -0.2) is 5.11 Å². The summed E-state index contributed by atoms with van der Waals surface area (Å²) in [4.78, 5) is 0. The van der Waals surface area contributed by atoms with E-state index >= 15 is 0 Å². The number of aliphatic hydroxyl groups excluding tert-OH is 1. The first-order valence-corrected chi connectivity index (χ1v) is 7.10. The molecule has 5 heteroatoms. The SMILES string of the molecule is OC(Cc1ccc(Br)cc1Cl)c1cccc(F)c1Cl. The fourth-order valence-electron chi connectivity index (χ4n) is 1.78. The molecule has 1 atom stereocenters. The van der Waals surface area contributed by atoms with E-state index in [1.54, 1.807) is 12.1 Å². The molecule has 1 nitrogen and oxygen atoms in total. The maximum Gasteiger partial charge on any atom is 0.142 e. The van der Waals surface area contributed by atoms with Crippen molar-refractivity contribution < 1.29 is 9.50 Å². The summed E-state index contributed by atoms with van der Waals surface area (Å²) >= 11 is 15.2. The number of benzene rings is 2. The molecule has 0 heterocycles. The van der Waals surface area contributed by atoms with Crippen LogP contribution in [0.1, 0.15) is 17.2 Å². The van der Waals surface area contributed by atoms with Gasteiger partial charge in [-0.3, -0.25) is 0 Å². The van der Waals surface area contributed by atoms with E-state index in [-0.39, 0.29) is 11.4 Å². The normalized spacial score (nSPS) is 12.5. The van der Waals surface area contributed by atoms with E-state index in [1.165, 1.54) is 12.1 Å². The Labute approximate surface area is 129 Å². The quantitative estimate of drug-likeness (QED) is 0.797. The van der Waals surface area contributed by atoms with Gasteiger partial charge in [0, 0.05) is 21.5 Å². The van der Waals surface area contributed by atoms with Gasteiger partial charge in [0.15, 0.2) is 0 Å². The van der Waals surface area contributed by atoms with Crippen LogP contribution in [0.2, 0.25) is 10.0 Å². The van der Waals surface area contributed by atoms with Crippen LogP contribution in [-0.2, 0) is 6.42 Å². The summed E-state index contributed by atoms with van der Waals surface area (Å²) in [7, 11) is 0. The van der Waals surface area contributed by atoms with Crippen molar-refractivity contribution in [3.63, 3.8) is 0 Å². The van der Waals surface area contributed by atoms with Crippen LogP contribution in [0.4, 0.5) is 4.39 Å². The van der Waals surface area contributed by atoms with Crippen molar-refractivity contribution in [2.24, 2.45) is 0 Å². The van der Waals surface area contributed by atoms with E-state index in [4.69, 9.17) is 23.2 Å². The Morgan fingerprint density at radius 3 is 2.63 bits per heavy atom. The molecule has 19 heavy (non-hydrogen) atoms. The van der Waals surface area contributed by atoms with Gasteiger partial charge in [0.1, 0.15) is 5.82 Å². The molecule has 0 radical (unpaired) electrons. The second-order valence-electron chi connectivity index (χ2n) is 4.10. The lowest BCUT2D eigenvalue weighted by Crippen LogP contribution is -2.04. The standard InChI is InChI=1S/C14H10BrCl2FO/c15-9-5-4-8(11(16)7-9)6-13(19)10-2-1-3-12(18)14(10)17/h1-5,7,13,19H,6H2. The summed E-state index contributed by atoms with van der Waals surface area (Å²) in [6.45, 7) is 0. The Morgan fingerprint density at radius 2 is 1.95 bits per heavy atom. The molecule has 0 amide bonds. The third-order valence-corrected chi connectivity index (χ3v) is 4.01. The molecule has 0 aliphatic rings. The molecule has 2 aromatic carbocycles. The minimum atomic E-state index is -0.901. The van der Waals surface area contributed by atoms with Crippen LogP contribution in [0, 0.1) is 5.82 Å². The summed E-state index contributed by atoms with van der Waals surface area (Å²) in [6.07, 6.45) is -0.628. The number of rotatable bonds is 3. The second kappa shape index (κ2) is 6.23. The van der Waals surface area contributed by atoms with E-state index in [2.05, 4.69) is 15.9 Å². The zero-order chi connectivity index (χ0) is 14.0. The lowest BCUT2D eigenvalue weighted by molar-refractivity contribution is 0.178. The molecule has 0 fully saturated rings. The fourth-order valence-corrected chi connectivity index (χ4v) is 2.79. The highest BCUT2D eigenvalue weighted by atomic mass is 79.9. The maximum absolute atomic E-state index is 13.3. The van der Waals surface area contributed by atoms with Gasteiger partial charge in [0.05, 0.1) is 11.1 Å². The Bertz CT molecular complexity index is 604. The predicted octanol–water partition coefficient (Wildman–Crippen LogP) is 5.17. The van der Waals surface area contributed by atoms with Gasteiger partial charge < -0.3 is 5.11 Å². The summed E-state index contributed by atoms with van der Waals surface area (Å²) in [5.74, 6) is -0.542. The molecule has 0 aromatic heterocycles. The number of halogens is 4. The fraction of sp³-hybridized carbons (Fsp3) is 0.143. The molecule has 1 unspecified atom stereocenters. The number of hydrogen-bond donors (Lipinski definition) is 1. The summed E-state index contributed by atoms with van der Waals surface area (Å²) in [6, 6.07) is 9.76. The van der Waals surface area contributed by atoms with Gasteiger partial charge in [-0.1, -0.05) is 57.3 Å². The van der Waals surface area contributed by atoms with E-state index in [0.29, 0.717) is 10.6 Å². The van der Waals surface area contributed by atoms with Crippen LogP contribution < -0.4 is 0 Å². The second-order valence-corrected chi connectivity index (χ2v) is 5.80. The van der Waals surface area contributed by atoms with E-state index in [9.17, 15) is 9.50 Å². The van der Waals surface area contributed by atoms with Gasteiger partial charge in [-0.25, -0.2) is 4.39 Å². The highest BCUT2D eigenvalue weighted by Gasteiger charge is 2.16. The zero-order valence-corrected chi connectivity index (χ0v) is 12.8. The lowest BCUT2D eigenvalue weighted by Gasteiger charge is -2.14. The third-order valence-electron chi connectivity index (χ3n) is 2.77. The molecule has 0 spiro atoms. The summed E-state index contributed by atoms with van der Waals surface area (Å²) < 4.78 is 14.2. The number of aliphatic hydroxyl groups is 1. The van der Waals surface area contributed by atoms with Gasteiger partial charge in [-0.15, -0.1) is 0 Å². The van der Waals surface area contributed by atoms with Crippen molar-refractivity contribution in [2.75, 3.05) is 0 Å². The largest absolute Gasteiger partial charge is 0.388 e. The smallest absolute Gasteiger partial charge is 0.142 e. The van der Waals surface area contributed by atoms with Gasteiger partial charge in [0.2, 0.25) is 0 Å². The van der Waals surface area contributed by atoms with Crippen molar-refractivity contribution in [1.82, 2.24) is 0 Å². The van der Waals surface area contributed by atoms with Crippen molar-refractivity contribution >= 4 is 39.1 Å². The molecule has 0 aliphatic heterocycles. The Hall–Kier alpha value is -0.610. The average molecular weight is 364 g/mol. The van der Waals surface area contributed by atoms with Crippen LogP contribution in [0.15, 0.2) is 40.9 Å². The molecule has 100 valence electrons. The molecule has 0 saturated carbocycles. The van der Waals surface area contributed by atoms with Crippen LogP contribution in [0.25, 0.3) is 0 Å². The van der Waals surface area contributed by atoms with Crippen LogP contribution >= 0.6 is 39.1 Å². The van der Waals surface area contributed by atoms with Gasteiger partial charge >= 0.3 is 0 Å². The van der Waals surface area contributed by atoms with Gasteiger partial charge in [0.25, 0.3) is 0 Å². The highest BCUT2D eigenvalue weighted by Crippen LogP contribution is 2.30. The molecule has 0 aliphatic carbocycles. The molecular formula is C14H10BrCl2FO. The van der Waals surface area contributed by atoms with Crippen molar-refractivity contribution in [2.45, 2.75) is 12.5 Å². The van der Waals surface area contributed by atoms with E-state index < -0.39 is 11.9 Å². The summed E-state index contributed by atoms with van der Waals surface area (Å²) in [5.41, 5.74) is 1.14. The molecule has 2 rings (SSSR count). The zero-order valence-electron chi connectivity index (χ0n) is 9.71. The molecule has 2 aromatic rings. The molecular weight excluding hydrogens is 354 g/mol. The van der Waals surface area contributed by atoms with Crippen molar-refractivity contribution in [1.29, 1.82) is 0 Å². The average Bonchev–Trinajstić information content (AvgIpc) is 2.36. The maximum atomic E-state index is 13.3. The highest BCUT2D eigenvalue weighted by molar-refractivity contribution is 9.10. The topological polar surface area (TPSA) is 20.2 Å². The van der Waals surface area contributed by atoms with Crippen LogP contribution in [0.5, 0.6) is 0 Å². The minimum absolute atomic E-state index is 0.0526. The Balaban J connectivity index is 2.25. The van der Waals surface area contributed by atoms with E-state index in [1.807, 2.05) is 12.1 Å². The summed E-state index contributed by atoms with van der Waals surface area (Å²) in [5, 5.41) is 10.6. The first-order chi connectivity index (χ1) is 8.99. The lowest BCUT2D eigenvalue weighted by atomic mass is 10.0. The van der Waals surface area contributed by atoms with Gasteiger partial charge in [-0.2, -0.15) is 0 Å². The Morgan fingerprint density at radius 1 is 1.21 bits per heavy atom. The molecule has 0 saturated heterocycles. The van der Waals surface area contributed by atoms with Gasteiger partial charge in [-0.05, 0) is 23.8 Å². The monoisotopic (exact) mass is 362 g/mol. The van der Waals surface area contributed by atoms with Crippen molar-refractivity contribution in [3.8, 4) is 0 Å². The number of hydrogen-bond acceptors (Lipinski definition) is 1. The molecule has 0 bridgehead atoms. The predicted molar refractivity (Wildman–Crippen MR) is 79.2 cm³/mol.